The van der Waals surface area contributed by atoms with E-state index in [-0.39, 0.29) is 22.0 Å². The van der Waals surface area contributed by atoms with Crippen LogP contribution in [0.3, 0.4) is 0 Å². The van der Waals surface area contributed by atoms with Crippen LogP contribution in [0.25, 0.3) is 0 Å². The molecule has 0 saturated heterocycles. The maximum absolute atomic E-state index is 12.5. The molecule has 1 aromatic carbocycles. The molecule has 0 spiro atoms. The van der Waals surface area contributed by atoms with E-state index in [1.165, 1.54) is 20.3 Å². The maximum Gasteiger partial charge on any atom is 0.445 e. The number of carbonyl (C=O) groups excluding carboxylic acids is 1. The van der Waals surface area contributed by atoms with Crippen molar-refractivity contribution in [1.29, 1.82) is 0 Å². The zero-order valence-corrected chi connectivity index (χ0v) is 14.1. The summed E-state index contributed by atoms with van der Waals surface area (Å²) in [6.07, 6.45) is -2.57. The Morgan fingerprint density at radius 1 is 1.32 bits per heavy atom. The van der Waals surface area contributed by atoms with Crippen molar-refractivity contribution in [1.82, 2.24) is 10.2 Å². The molecule has 1 heterocycles. The molecular formula is C15H14F3N3O3S. The number of anilines is 1. The van der Waals surface area contributed by atoms with Crippen LogP contribution < -0.4 is 14.8 Å². The number of hydrogen-bond acceptors (Lipinski definition) is 6. The highest BCUT2D eigenvalue weighted by molar-refractivity contribution is 7.15. The lowest BCUT2D eigenvalue weighted by Gasteiger charge is -2.14. The first-order valence-electron chi connectivity index (χ1n) is 6.88. The molecule has 1 N–H and O–H groups in total. The molecule has 10 heteroatoms. The Morgan fingerprint density at radius 3 is 2.56 bits per heavy atom. The minimum Gasteiger partial charge on any atom is -0.493 e. The topological polar surface area (TPSA) is 73.3 Å². The van der Waals surface area contributed by atoms with Gasteiger partial charge in [0.25, 0.3) is 5.91 Å². The van der Waals surface area contributed by atoms with Crippen LogP contribution in [-0.4, -0.2) is 30.3 Å². The third kappa shape index (κ3) is 4.27. The smallest absolute Gasteiger partial charge is 0.445 e. The molecule has 6 nitrogen and oxygen atoms in total. The summed E-state index contributed by atoms with van der Waals surface area (Å²) in [5.74, 6) is 0.130. The number of nitrogens with one attached hydrogen (secondary N) is 1. The van der Waals surface area contributed by atoms with Gasteiger partial charge in [0, 0.05) is 11.1 Å². The Kier molecular flexibility index (Phi) is 5.62. The Balaban J connectivity index is 2.31. The third-order valence-electron chi connectivity index (χ3n) is 3.07. The van der Waals surface area contributed by atoms with Crippen molar-refractivity contribution in [3.8, 4) is 11.5 Å². The lowest BCUT2D eigenvalue weighted by Crippen LogP contribution is -2.13. The van der Waals surface area contributed by atoms with Crippen molar-refractivity contribution in [2.45, 2.75) is 12.6 Å². The van der Waals surface area contributed by atoms with Crippen LogP contribution >= 0.6 is 11.3 Å². The minimum atomic E-state index is -4.61. The summed E-state index contributed by atoms with van der Waals surface area (Å²) in [6, 6.07) is 2.97. The van der Waals surface area contributed by atoms with Crippen molar-refractivity contribution in [3.05, 3.63) is 40.9 Å². The van der Waals surface area contributed by atoms with Gasteiger partial charge in [0.15, 0.2) is 11.5 Å². The quantitative estimate of drug-likeness (QED) is 0.784. The van der Waals surface area contributed by atoms with Crippen LogP contribution in [-0.2, 0) is 12.6 Å². The fourth-order valence-electron chi connectivity index (χ4n) is 2.04. The summed E-state index contributed by atoms with van der Waals surface area (Å²) in [6.45, 7) is 3.63. The highest BCUT2D eigenvalue weighted by Gasteiger charge is 2.35. The van der Waals surface area contributed by atoms with Gasteiger partial charge < -0.3 is 9.47 Å². The van der Waals surface area contributed by atoms with E-state index in [9.17, 15) is 18.0 Å². The summed E-state index contributed by atoms with van der Waals surface area (Å²) in [4.78, 5) is 12.3. The monoisotopic (exact) mass is 373 g/mol. The molecule has 0 aliphatic carbocycles. The van der Waals surface area contributed by atoms with Crippen molar-refractivity contribution < 1.29 is 27.4 Å². The number of nitrogens with zero attached hydrogens (tertiary/aromatic N) is 2. The summed E-state index contributed by atoms with van der Waals surface area (Å²) in [7, 11) is 2.88. The lowest BCUT2D eigenvalue weighted by molar-refractivity contribution is -0.138. The molecule has 0 aliphatic rings. The number of amides is 1. The van der Waals surface area contributed by atoms with Crippen LogP contribution in [0.1, 0.15) is 20.9 Å². The number of benzene rings is 1. The van der Waals surface area contributed by atoms with Gasteiger partial charge in [-0.3, -0.25) is 10.1 Å². The first-order chi connectivity index (χ1) is 11.8. The number of aromatic nitrogens is 2. The Morgan fingerprint density at radius 2 is 2.04 bits per heavy atom. The minimum absolute atomic E-state index is 0.179. The summed E-state index contributed by atoms with van der Waals surface area (Å²) < 4.78 is 48.1. The lowest BCUT2D eigenvalue weighted by atomic mass is 10.1. The van der Waals surface area contributed by atoms with Crippen LogP contribution in [0.4, 0.5) is 18.3 Å². The van der Waals surface area contributed by atoms with E-state index in [2.05, 4.69) is 22.1 Å². The molecule has 2 rings (SSSR count). The van der Waals surface area contributed by atoms with E-state index in [4.69, 9.17) is 9.47 Å². The number of halogens is 3. The Hall–Kier alpha value is -2.62. The molecule has 2 aromatic rings. The van der Waals surface area contributed by atoms with Gasteiger partial charge in [0.1, 0.15) is 0 Å². The van der Waals surface area contributed by atoms with E-state index in [1.807, 2.05) is 0 Å². The van der Waals surface area contributed by atoms with Crippen molar-refractivity contribution >= 4 is 22.4 Å². The van der Waals surface area contributed by atoms with Gasteiger partial charge in [-0.1, -0.05) is 17.4 Å². The molecular weight excluding hydrogens is 359 g/mol. The molecule has 0 radical (unpaired) electrons. The van der Waals surface area contributed by atoms with Crippen molar-refractivity contribution in [2.24, 2.45) is 0 Å². The first kappa shape index (κ1) is 18.7. The average molecular weight is 373 g/mol. The van der Waals surface area contributed by atoms with Gasteiger partial charge in [0.2, 0.25) is 10.1 Å². The van der Waals surface area contributed by atoms with Crippen LogP contribution in [0.15, 0.2) is 24.8 Å². The molecule has 0 saturated carbocycles. The van der Waals surface area contributed by atoms with E-state index < -0.39 is 17.1 Å². The molecule has 0 atom stereocenters. The van der Waals surface area contributed by atoms with Crippen molar-refractivity contribution in [2.75, 3.05) is 19.5 Å². The average Bonchev–Trinajstić information content (AvgIpc) is 3.03. The summed E-state index contributed by atoms with van der Waals surface area (Å²) in [5, 5.41) is 7.24. The molecule has 0 fully saturated rings. The second-order valence-corrected chi connectivity index (χ2v) is 5.71. The molecule has 1 amide bonds. The number of rotatable bonds is 6. The van der Waals surface area contributed by atoms with Crippen LogP contribution in [0.2, 0.25) is 0 Å². The first-order valence-corrected chi connectivity index (χ1v) is 7.69. The largest absolute Gasteiger partial charge is 0.493 e. The number of hydrogen-bond donors (Lipinski definition) is 1. The van der Waals surface area contributed by atoms with Crippen LogP contribution in [0, 0.1) is 0 Å². The van der Waals surface area contributed by atoms with Crippen molar-refractivity contribution in [3.63, 3.8) is 0 Å². The van der Waals surface area contributed by atoms with Gasteiger partial charge >= 0.3 is 6.18 Å². The predicted octanol–water partition coefficient (Wildman–Crippen LogP) is 3.55. The number of methoxy groups -OCH3 is 2. The zero-order chi connectivity index (χ0) is 18.6. The Labute approximate surface area is 145 Å². The number of allylic oxidation sites excluding steroid dienone is 1. The highest BCUT2D eigenvalue weighted by atomic mass is 32.1. The van der Waals surface area contributed by atoms with Gasteiger partial charge in [-0.2, -0.15) is 13.2 Å². The molecule has 25 heavy (non-hydrogen) atoms. The second-order valence-electron chi connectivity index (χ2n) is 4.73. The SMILES string of the molecule is C=CCc1cc(C(=O)Nc2nnc(C(F)(F)F)s2)cc(OC)c1OC. The Bertz CT molecular complexity index is 790. The maximum atomic E-state index is 12.5. The van der Waals surface area contributed by atoms with E-state index >= 15 is 0 Å². The number of ether oxygens (including phenoxy) is 2. The molecule has 0 unspecified atom stereocenters. The zero-order valence-electron chi connectivity index (χ0n) is 13.3. The number of carbonyl (C=O) groups is 1. The highest BCUT2D eigenvalue weighted by Crippen LogP contribution is 2.35. The predicted molar refractivity (Wildman–Crippen MR) is 86.3 cm³/mol. The van der Waals surface area contributed by atoms with E-state index in [1.54, 1.807) is 12.1 Å². The van der Waals surface area contributed by atoms with Crippen LogP contribution in [0.5, 0.6) is 11.5 Å². The van der Waals surface area contributed by atoms with Gasteiger partial charge in [0.05, 0.1) is 14.2 Å². The van der Waals surface area contributed by atoms with E-state index in [0.717, 1.165) is 0 Å². The number of alkyl halides is 3. The third-order valence-corrected chi connectivity index (χ3v) is 3.95. The molecule has 134 valence electrons. The molecule has 0 bridgehead atoms. The summed E-state index contributed by atoms with van der Waals surface area (Å²) in [5.41, 5.74) is 0.827. The normalized spacial score (nSPS) is 11.1. The fourth-order valence-corrected chi connectivity index (χ4v) is 2.64. The molecule has 0 aliphatic heterocycles. The standard InChI is InChI=1S/C15H14F3N3O3S/c1-4-5-8-6-9(7-10(23-2)11(8)24-3)12(22)19-14-21-20-13(25-14)15(16,17)18/h4,6-7H,1,5H2,2-3H3,(H,19,21,22). The van der Waals surface area contributed by atoms with Gasteiger partial charge in [-0.05, 0) is 18.6 Å². The summed E-state index contributed by atoms with van der Waals surface area (Å²) >= 11 is 0.244. The second kappa shape index (κ2) is 7.51. The molecule has 1 aromatic heterocycles. The van der Waals surface area contributed by atoms with E-state index in [0.29, 0.717) is 23.5 Å². The van der Waals surface area contributed by atoms with Gasteiger partial charge in [-0.25, -0.2) is 0 Å². The fraction of sp³-hybridized carbons (Fsp3) is 0.267. The van der Waals surface area contributed by atoms with Gasteiger partial charge in [-0.15, -0.1) is 16.8 Å².